The molecule has 0 aliphatic heterocycles. The van der Waals surface area contributed by atoms with E-state index in [0.29, 0.717) is 0 Å². The van der Waals surface area contributed by atoms with Gasteiger partial charge in [0.05, 0.1) is 9.79 Å². The summed E-state index contributed by atoms with van der Waals surface area (Å²) in [4.78, 5) is 0.0989. The van der Waals surface area contributed by atoms with Gasteiger partial charge in [-0.2, -0.15) is 0 Å². The van der Waals surface area contributed by atoms with Crippen LogP contribution in [-0.2, 0) is 33.1 Å². The van der Waals surface area contributed by atoms with Crippen molar-refractivity contribution in [2.75, 3.05) is 0 Å². The van der Waals surface area contributed by atoms with Crippen LogP contribution in [0.3, 0.4) is 0 Å². The normalized spacial score (nSPS) is 14.9. The first-order valence-corrected chi connectivity index (χ1v) is 32.0. The Bertz CT molecular complexity index is 1640. The van der Waals surface area contributed by atoms with E-state index in [1.54, 1.807) is 12.1 Å². The van der Waals surface area contributed by atoms with Crippen molar-refractivity contribution in [2.24, 2.45) is 0 Å². The van der Waals surface area contributed by atoms with E-state index >= 15 is 0 Å². The molecule has 2 fully saturated rings. The Balaban J connectivity index is 0.000000467. The van der Waals surface area contributed by atoms with Crippen LogP contribution in [0.2, 0.25) is 0 Å². The van der Waals surface area contributed by atoms with Crippen molar-refractivity contribution in [3.05, 3.63) is 58.7 Å². The summed E-state index contributed by atoms with van der Waals surface area (Å²) in [6.45, 7) is 4.56. The molecule has 6 nitrogen and oxygen atoms in total. The summed E-state index contributed by atoms with van der Waals surface area (Å²) in [6.07, 6.45) is 56.1. The summed E-state index contributed by atoms with van der Waals surface area (Å²) in [6, 6.07) is 10.7. The number of unbranched alkanes of at least 4 members (excludes halogenated alkanes) is 30. The number of hydrogen-bond acceptors (Lipinski definition) is 6. The molecule has 0 amide bonds. The van der Waals surface area contributed by atoms with E-state index in [0.717, 1.165) is 99.3 Å². The molecule has 0 unspecified atom stereocenters. The number of aryl methyl sites for hydroxylation is 2. The Labute approximate surface area is 467 Å². The summed E-state index contributed by atoms with van der Waals surface area (Å²) in [7, 11) is -8.83. The van der Waals surface area contributed by atoms with E-state index in [4.69, 9.17) is 0 Å². The van der Waals surface area contributed by atoms with Crippen LogP contribution in [-0.4, -0.2) is 74.8 Å². The van der Waals surface area contributed by atoms with Gasteiger partial charge in [0, 0.05) is 0 Å². The molecule has 69 heavy (non-hydrogen) atoms. The van der Waals surface area contributed by atoms with Crippen LogP contribution in [0.15, 0.2) is 46.2 Å². The molecule has 0 aromatic heterocycles. The molecule has 0 atom stereocenters. The van der Waals surface area contributed by atoms with Gasteiger partial charge in [-0.25, -0.2) is 16.8 Å². The van der Waals surface area contributed by atoms with Gasteiger partial charge in [0.25, 0.3) is 0 Å². The molecule has 2 aliphatic rings. The first-order valence-electron chi connectivity index (χ1n) is 29.2. The Morgan fingerprint density at radius 3 is 0.826 bits per heavy atom. The van der Waals surface area contributed by atoms with Gasteiger partial charge in [0.1, 0.15) is 20.2 Å². The minimum absolute atomic E-state index is 0. The van der Waals surface area contributed by atoms with E-state index in [1.165, 1.54) is 218 Å². The van der Waals surface area contributed by atoms with Crippen molar-refractivity contribution in [3.63, 3.8) is 0 Å². The zero-order valence-electron chi connectivity index (χ0n) is 44.7. The minimum Gasteiger partial charge on any atom is -0.744 e. The van der Waals surface area contributed by atoms with Crippen LogP contribution < -0.4 is 0 Å². The van der Waals surface area contributed by atoms with Crippen molar-refractivity contribution >= 4 is 69.1 Å². The summed E-state index contributed by atoms with van der Waals surface area (Å²) in [5.74, 6) is 0.481. The van der Waals surface area contributed by atoms with Gasteiger partial charge in [0.15, 0.2) is 0 Å². The van der Waals surface area contributed by atoms with Gasteiger partial charge >= 0.3 is 48.9 Å². The van der Waals surface area contributed by atoms with Crippen LogP contribution in [0.4, 0.5) is 0 Å². The van der Waals surface area contributed by atoms with Crippen LogP contribution >= 0.6 is 0 Å². The van der Waals surface area contributed by atoms with Crippen LogP contribution in [0.1, 0.15) is 318 Å². The third-order valence-electron chi connectivity index (χ3n) is 15.5. The summed E-state index contributed by atoms with van der Waals surface area (Å²) < 4.78 is 71.5. The fourth-order valence-corrected chi connectivity index (χ4v) is 13.1. The molecule has 392 valence electrons. The van der Waals surface area contributed by atoms with Crippen molar-refractivity contribution < 1.29 is 25.9 Å². The molecule has 2 saturated carbocycles. The van der Waals surface area contributed by atoms with E-state index in [1.807, 2.05) is 0 Å². The molecule has 0 N–H and O–H groups in total. The second-order valence-electron chi connectivity index (χ2n) is 21.3. The molecule has 0 saturated heterocycles. The van der Waals surface area contributed by atoms with E-state index in [9.17, 15) is 25.9 Å². The molecule has 2 aliphatic carbocycles. The first-order chi connectivity index (χ1) is 33.1. The molecule has 0 spiro atoms. The van der Waals surface area contributed by atoms with Gasteiger partial charge in [-0.05, 0) is 97.6 Å². The van der Waals surface area contributed by atoms with Gasteiger partial charge in [-0.3, -0.25) is 0 Å². The summed E-state index contributed by atoms with van der Waals surface area (Å²) in [5, 5.41) is 0. The molecule has 4 rings (SSSR count). The Morgan fingerprint density at radius 1 is 0.362 bits per heavy atom. The van der Waals surface area contributed by atoms with E-state index in [-0.39, 0.29) is 70.5 Å². The standard InChI is InChI=1S/2C30H52O3S.Ba/c2*1-2-3-4-5-6-7-8-9-10-11-12-13-14-15-16-18-22-28-25-21-26-29(34(31,32)33)30(28)27-23-19-17-20-24-27;/h2*21,25-27H,2-20,22-24H2,1H3,(H,31,32,33);/q;;+2/p-2. The number of rotatable bonds is 38. The van der Waals surface area contributed by atoms with Crippen LogP contribution in [0, 0.1) is 0 Å². The monoisotopic (exact) mass is 1120 g/mol. The zero-order valence-corrected chi connectivity index (χ0v) is 50.8. The van der Waals surface area contributed by atoms with Gasteiger partial charge in [-0.15, -0.1) is 0 Å². The SMILES string of the molecule is CCCCCCCCCCCCCCCCCCc1cccc(S(=O)(=O)[O-])c1C1CCCCC1.CCCCCCCCCCCCCCCCCCc1cccc(S(=O)(=O)[O-])c1C1CCCCC1.[Ba+2]. The Hall–Kier alpha value is -0.169. The van der Waals surface area contributed by atoms with Crippen molar-refractivity contribution in [1.29, 1.82) is 0 Å². The first kappa shape index (κ1) is 64.9. The third kappa shape index (κ3) is 29.5. The molecule has 0 bridgehead atoms. The maximum absolute atomic E-state index is 11.9. The maximum atomic E-state index is 11.9. The summed E-state index contributed by atoms with van der Waals surface area (Å²) >= 11 is 0. The van der Waals surface area contributed by atoms with Crippen molar-refractivity contribution in [3.8, 4) is 0 Å². The van der Waals surface area contributed by atoms with E-state index in [2.05, 4.69) is 26.0 Å². The summed E-state index contributed by atoms with van der Waals surface area (Å²) in [5.41, 5.74) is 3.93. The second-order valence-corrected chi connectivity index (χ2v) is 24.0. The molecule has 0 radical (unpaired) electrons. The second kappa shape index (κ2) is 41.1. The number of benzene rings is 2. The third-order valence-corrected chi connectivity index (χ3v) is 17.3. The topological polar surface area (TPSA) is 114 Å². The van der Waals surface area contributed by atoms with Crippen molar-refractivity contribution in [2.45, 2.75) is 318 Å². The average molecular weight is 1120 g/mol. The molecular weight excluding hydrogens is 1020 g/mol. The van der Waals surface area contributed by atoms with Crippen LogP contribution in [0.5, 0.6) is 0 Å². The Morgan fingerprint density at radius 2 is 0.594 bits per heavy atom. The Kier molecular flexibility index (Phi) is 38.7. The molecule has 9 heteroatoms. The molecule has 2 aromatic rings. The molecule has 0 heterocycles. The molecule has 2 aromatic carbocycles. The predicted molar refractivity (Wildman–Crippen MR) is 293 cm³/mol. The minimum atomic E-state index is -4.42. The van der Waals surface area contributed by atoms with Gasteiger partial charge < -0.3 is 9.11 Å². The van der Waals surface area contributed by atoms with Gasteiger partial charge in [-0.1, -0.05) is 269 Å². The predicted octanol–water partition coefficient (Wildman–Crippen LogP) is 18.5. The fraction of sp³-hybridized carbons (Fsp3) is 0.800. The van der Waals surface area contributed by atoms with Crippen LogP contribution in [0.25, 0.3) is 0 Å². The zero-order chi connectivity index (χ0) is 49.0. The quantitative estimate of drug-likeness (QED) is 0.0376. The maximum Gasteiger partial charge on any atom is 2.00 e. The fourth-order valence-electron chi connectivity index (χ4n) is 11.5. The largest absolute Gasteiger partial charge is 2.00 e. The van der Waals surface area contributed by atoms with Gasteiger partial charge in [0.2, 0.25) is 0 Å². The van der Waals surface area contributed by atoms with E-state index < -0.39 is 20.2 Å². The molecular formula is C60H102BaO6S2. The smallest absolute Gasteiger partial charge is 0.744 e. The van der Waals surface area contributed by atoms with Crippen molar-refractivity contribution in [1.82, 2.24) is 0 Å². The average Bonchev–Trinajstić information content (AvgIpc) is 3.33. The number of hydrogen-bond donors (Lipinski definition) is 0.